The number of nitrogens with one attached hydrogen (secondary N) is 1. The molecule has 26 heavy (non-hydrogen) atoms. The van der Waals surface area contributed by atoms with Gasteiger partial charge in [0.25, 0.3) is 10.0 Å². The molecule has 8 heteroatoms. The van der Waals surface area contributed by atoms with Gasteiger partial charge in [0.2, 0.25) is 0 Å². The summed E-state index contributed by atoms with van der Waals surface area (Å²) in [6.07, 6.45) is 1.46. The number of nitrogens with zero attached hydrogens (tertiary/aromatic N) is 2. The van der Waals surface area contributed by atoms with Crippen LogP contribution in [-0.4, -0.2) is 39.5 Å². The molecule has 0 aromatic heterocycles. The zero-order chi connectivity index (χ0) is 19.0. The van der Waals surface area contributed by atoms with E-state index in [9.17, 15) is 8.42 Å². The topological polar surface area (TPSA) is 61.8 Å². The van der Waals surface area contributed by atoms with Crippen LogP contribution in [0.25, 0.3) is 0 Å². The Morgan fingerprint density at radius 2 is 1.58 bits per heavy atom. The summed E-state index contributed by atoms with van der Waals surface area (Å²) in [5.41, 5.74) is 2.77. The van der Waals surface area contributed by atoms with Crippen LogP contribution in [0.2, 0.25) is 0 Å². The average Bonchev–Trinajstić information content (AvgIpc) is 2.62. The van der Waals surface area contributed by atoms with Gasteiger partial charge in [0, 0.05) is 30.5 Å². The van der Waals surface area contributed by atoms with Crippen LogP contribution in [-0.2, 0) is 10.0 Å². The maximum Gasteiger partial charge on any atom is 0.276 e. The molecule has 0 aliphatic carbocycles. The van der Waals surface area contributed by atoms with Crippen LogP contribution >= 0.6 is 23.2 Å². The van der Waals surface area contributed by atoms with E-state index in [4.69, 9.17) is 23.2 Å². The summed E-state index contributed by atoms with van der Waals surface area (Å²) in [6, 6.07) is 14.1. The minimum Gasteiger partial charge on any atom is -0.369 e. The Hall–Kier alpha value is -1.76. The molecule has 2 aromatic rings. The first-order valence-corrected chi connectivity index (χ1v) is 10.6. The highest BCUT2D eigenvalue weighted by atomic mass is 35.5. The fraction of sp³-hybridized carbons (Fsp3) is 0.278. The second-order valence-electron chi connectivity index (χ2n) is 5.62. The zero-order valence-corrected chi connectivity index (χ0v) is 16.7. The maximum atomic E-state index is 12.2. The SMILES string of the molecule is Cc1ccc(S(=O)(=O)N/N=C\c2ccc(N(CCCl)CCCl)cc2)cc1. The smallest absolute Gasteiger partial charge is 0.276 e. The van der Waals surface area contributed by atoms with Crippen LogP contribution in [0.3, 0.4) is 0 Å². The zero-order valence-electron chi connectivity index (χ0n) is 14.4. The van der Waals surface area contributed by atoms with Gasteiger partial charge in [0.15, 0.2) is 0 Å². The molecular formula is C18H21Cl2N3O2S. The van der Waals surface area contributed by atoms with E-state index >= 15 is 0 Å². The Balaban J connectivity index is 2.03. The highest BCUT2D eigenvalue weighted by Crippen LogP contribution is 2.15. The Kier molecular flexibility index (Phi) is 7.75. The second kappa shape index (κ2) is 9.80. The number of benzene rings is 2. The van der Waals surface area contributed by atoms with Gasteiger partial charge in [0.1, 0.15) is 0 Å². The number of halogens is 2. The highest BCUT2D eigenvalue weighted by molar-refractivity contribution is 7.89. The summed E-state index contributed by atoms with van der Waals surface area (Å²) in [7, 11) is -3.67. The largest absolute Gasteiger partial charge is 0.369 e. The molecule has 0 bridgehead atoms. The standard InChI is InChI=1S/C18H21Cl2N3O2S/c1-15-2-8-18(9-3-15)26(24,25)22-21-14-16-4-6-17(7-5-16)23(12-10-19)13-11-20/h2-9,14,22H,10-13H2,1H3/b21-14-. The molecule has 0 unspecified atom stereocenters. The summed E-state index contributed by atoms with van der Waals surface area (Å²) in [5.74, 6) is 1.03. The molecule has 2 rings (SSSR count). The Bertz CT molecular complexity index is 817. The van der Waals surface area contributed by atoms with Crippen LogP contribution in [0, 0.1) is 6.92 Å². The molecule has 0 heterocycles. The van der Waals surface area contributed by atoms with Gasteiger partial charge in [-0.05, 0) is 36.8 Å². The van der Waals surface area contributed by atoms with E-state index in [0.717, 1.165) is 16.8 Å². The number of hydrogen-bond donors (Lipinski definition) is 1. The lowest BCUT2D eigenvalue weighted by Crippen LogP contribution is -2.27. The predicted molar refractivity (Wildman–Crippen MR) is 109 cm³/mol. The van der Waals surface area contributed by atoms with Gasteiger partial charge in [-0.15, -0.1) is 23.2 Å². The van der Waals surface area contributed by atoms with Gasteiger partial charge in [-0.3, -0.25) is 0 Å². The molecule has 0 saturated heterocycles. The van der Waals surface area contributed by atoms with Crippen molar-refractivity contribution < 1.29 is 8.42 Å². The van der Waals surface area contributed by atoms with Gasteiger partial charge in [0.05, 0.1) is 11.1 Å². The molecule has 0 amide bonds. The molecule has 0 aliphatic rings. The lowest BCUT2D eigenvalue weighted by Gasteiger charge is -2.22. The van der Waals surface area contributed by atoms with E-state index in [1.165, 1.54) is 6.21 Å². The lowest BCUT2D eigenvalue weighted by molar-refractivity contribution is 0.584. The number of hydrogen-bond acceptors (Lipinski definition) is 4. The normalized spacial score (nSPS) is 11.7. The number of hydrazone groups is 1. The first-order chi connectivity index (χ1) is 12.5. The lowest BCUT2D eigenvalue weighted by atomic mass is 10.2. The van der Waals surface area contributed by atoms with Crippen molar-refractivity contribution in [1.82, 2.24) is 4.83 Å². The number of aryl methyl sites for hydroxylation is 1. The van der Waals surface area contributed by atoms with Crippen LogP contribution in [0.5, 0.6) is 0 Å². The van der Waals surface area contributed by atoms with Gasteiger partial charge in [-0.2, -0.15) is 13.5 Å². The Labute approximate surface area is 164 Å². The number of anilines is 1. The minimum atomic E-state index is -3.67. The molecule has 2 aromatic carbocycles. The van der Waals surface area contributed by atoms with Crippen molar-refractivity contribution in [2.75, 3.05) is 29.7 Å². The van der Waals surface area contributed by atoms with Crippen LogP contribution in [0.4, 0.5) is 5.69 Å². The predicted octanol–water partition coefficient (Wildman–Crippen LogP) is 3.59. The molecule has 1 N–H and O–H groups in total. The molecule has 0 saturated carbocycles. The van der Waals surface area contributed by atoms with Crippen LogP contribution in [0.15, 0.2) is 58.5 Å². The summed E-state index contributed by atoms with van der Waals surface area (Å²) in [5, 5.41) is 3.84. The molecule has 0 atom stereocenters. The first kappa shape index (κ1) is 20.6. The minimum absolute atomic E-state index is 0.174. The average molecular weight is 414 g/mol. The summed E-state index contributed by atoms with van der Waals surface area (Å²) in [6.45, 7) is 3.31. The number of sulfonamides is 1. The van der Waals surface area contributed by atoms with E-state index in [2.05, 4.69) is 14.8 Å². The van der Waals surface area contributed by atoms with Gasteiger partial charge >= 0.3 is 0 Å². The fourth-order valence-corrected chi connectivity index (χ4v) is 3.48. The van der Waals surface area contributed by atoms with Crippen molar-refractivity contribution in [3.63, 3.8) is 0 Å². The van der Waals surface area contributed by atoms with Crippen LogP contribution < -0.4 is 9.73 Å². The molecule has 5 nitrogen and oxygen atoms in total. The molecule has 0 spiro atoms. The number of rotatable bonds is 9. The van der Waals surface area contributed by atoms with Gasteiger partial charge in [-0.25, -0.2) is 4.83 Å². The van der Waals surface area contributed by atoms with Crippen molar-refractivity contribution >= 4 is 45.1 Å². The molecule has 0 aliphatic heterocycles. The third kappa shape index (κ3) is 5.90. The maximum absolute atomic E-state index is 12.2. The highest BCUT2D eigenvalue weighted by Gasteiger charge is 2.11. The Morgan fingerprint density at radius 1 is 1.00 bits per heavy atom. The van der Waals surface area contributed by atoms with Crippen molar-refractivity contribution in [2.45, 2.75) is 11.8 Å². The Morgan fingerprint density at radius 3 is 2.12 bits per heavy atom. The van der Waals surface area contributed by atoms with E-state index < -0.39 is 10.0 Å². The van der Waals surface area contributed by atoms with Crippen LogP contribution in [0.1, 0.15) is 11.1 Å². The third-order valence-corrected chi connectivity index (χ3v) is 5.26. The van der Waals surface area contributed by atoms with Crippen molar-refractivity contribution in [2.24, 2.45) is 5.10 Å². The quantitative estimate of drug-likeness (QED) is 0.388. The summed E-state index contributed by atoms with van der Waals surface area (Å²) in [4.78, 5) is 4.48. The molecule has 0 fully saturated rings. The molecular weight excluding hydrogens is 393 g/mol. The summed E-state index contributed by atoms with van der Waals surface area (Å²) >= 11 is 11.6. The van der Waals surface area contributed by atoms with Crippen molar-refractivity contribution in [1.29, 1.82) is 0 Å². The second-order valence-corrected chi connectivity index (χ2v) is 8.04. The first-order valence-electron chi connectivity index (χ1n) is 8.05. The third-order valence-electron chi connectivity index (χ3n) is 3.68. The monoisotopic (exact) mass is 413 g/mol. The van der Waals surface area contributed by atoms with E-state index in [-0.39, 0.29) is 4.90 Å². The van der Waals surface area contributed by atoms with Gasteiger partial charge in [-0.1, -0.05) is 29.8 Å². The van der Waals surface area contributed by atoms with E-state index in [1.54, 1.807) is 24.3 Å². The number of alkyl halides is 2. The van der Waals surface area contributed by atoms with E-state index in [0.29, 0.717) is 24.8 Å². The summed E-state index contributed by atoms with van der Waals surface area (Å²) < 4.78 is 24.3. The fourth-order valence-electron chi connectivity index (χ4n) is 2.29. The molecule has 140 valence electrons. The van der Waals surface area contributed by atoms with E-state index in [1.807, 2.05) is 31.2 Å². The van der Waals surface area contributed by atoms with Gasteiger partial charge < -0.3 is 4.90 Å². The van der Waals surface area contributed by atoms with Crippen molar-refractivity contribution in [3.05, 3.63) is 59.7 Å². The molecule has 0 radical (unpaired) electrons. The van der Waals surface area contributed by atoms with Crippen molar-refractivity contribution in [3.8, 4) is 0 Å².